The van der Waals surface area contributed by atoms with E-state index in [4.69, 9.17) is 3.66 Å². The molecule has 0 saturated heterocycles. The number of halogens is 2. The fourth-order valence-corrected chi connectivity index (χ4v) is 0.849. The Hall–Kier alpha value is -0.0156. The molecule has 0 aliphatic carbocycles. The Morgan fingerprint density at radius 3 is 2.09 bits per heavy atom. The predicted octanol–water partition coefficient (Wildman–Crippen LogP) is 2.25. The molecule has 0 bridgehead atoms. The third-order valence-electron chi connectivity index (χ3n) is 0.886. The minimum atomic E-state index is -1.20. The van der Waals surface area contributed by atoms with Crippen LogP contribution in [0.4, 0.5) is 0 Å². The second kappa shape index (κ2) is 8.08. The van der Waals surface area contributed by atoms with Crippen LogP contribution in [-0.2, 0) is 20.3 Å². The summed E-state index contributed by atoms with van der Waals surface area (Å²) in [4.78, 5) is 0. The molecule has 1 aromatic carbocycles. The van der Waals surface area contributed by atoms with Crippen LogP contribution in [0, 0.1) is 0 Å². The second-order valence-corrected chi connectivity index (χ2v) is 2.00. The van der Waals surface area contributed by atoms with Crippen LogP contribution in [0.2, 0.25) is 0 Å². The van der Waals surface area contributed by atoms with Crippen LogP contribution in [0.5, 0.6) is 5.75 Å². The summed E-state index contributed by atoms with van der Waals surface area (Å²) >= 11 is -1.20. The van der Waals surface area contributed by atoms with E-state index in [-0.39, 0.29) is 24.8 Å². The van der Waals surface area contributed by atoms with Gasteiger partial charge in [-0.05, 0) is 0 Å². The van der Waals surface area contributed by atoms with E-state index in [2.05, 4.69) is 0 Å². The molecule has 5 heteroatoms. The molecule has 0 amide bonds. The number of para-hydroxylation sites is 1. The zero-order valence-corrected chi connectivity index (χ0v) is 8.50. The molecule has 0 heterocycles. The van der Waals surface area contributed by atoms with Crippen LogP contribution in [0.25, 0.3) is 0 Å². The van der Waals surface area contributed by atoms with Gasteiger partial charge in [-0.25, -0.2) is 0 Å². The molecule has 0 saturated carbocycles. The van der Waals surface area contributed by atoms with E-state index in [9.17, 15) is 3.67 Å². The van der Waals surface area contributed by atoms with Crippen molar-refractivity contribution in [1.82, 2.24) is 0 Å². The van der Waals surface area contributed by atoms with Crippen LogP contribution in [-0.4, -0.2) is 0 Å². The fourth-order valence-electron chi connectivity index (χ4n) is 0.524. The van der Waals surface area contributed by atoms with Gasteiger partial charge in [-0.2, -0.15) is 0 Å². The molecule has 0 N–H and O–H groups in total. The van der Waals surface area contributed by atoms with Crippen molar-refractivity contribution in [2.45, 2.75) is 0 Å². The van der Waals surface area contributed by atoms with Crippen LogP contribution >= 0.6 is 24.8 Å². The normalized spacial score (nSPS) is 6.91. The predicted molar refractivity (Wildman–Crippen MR) is 42.3 cm³/mol. The van der Waals surface area contributed by atoms with Crippen molar-refractivity contribution in [3.8, 4) is 5.75 Å². The van der Waals surface area contributed by atoms with E-state index in [1.165, 1.54) is 0 Å². The molecule has 0 aromatic heterocycles. The van der Waals surface area contributed by atoms with Gasteiger partial charge in [0.1, 0.15) is 0 Å². The Bertz CT molecular complexity index is 193. The number of benzene rings is 1. The average molecular weight is 233 g/mol. The van der Waals surface area contributed by atoms with E-state index in [0.29, 0.717) is 5.75 Å². The van der Waals surface area contributed by atoms with Crippen molar-refractivity contribution >= 4 is 24.8 Å². The van der Waals surface area contributed by atoms with Gasteiger partial charge in [0, 0.05) is 0 Å². The first-order valence-corrected chi connectivity index (χ1v) is 3.62. The van der Waals surface area contributed by atoms with Crippen molar-refractivity contribution < 1.29 is 23.9 Å². The second-order valence-electron chi connectivity index (χ2n) is 1.48. The zero-order valence-electron chi connectivity index (χ0n) is 5.47. The maximum atomic E-state index is 9.97. The molecule has 0 atom stereocenters. The Morgan fingerprint density at radius 1 is 1.09 bits per heavy atom. The van der Waals surface area contributed by atoms with Crippen LogP contribution in [0.1, 0.15) is 0 Å². The summed E-state index contributed by atoms with van der Waals surface area (Å²) in [7, 11) is 0. The Balaban J connectivity index is 0. The molecule has 1 aromatic rings. The Labute approximate surface area is 84.8 Å². The number of rotatable bonds is 2. The van der Waals surface area contributed by atoms with Crippen molar-refractivity contribution in [3.05, 3.63) is 30.3 Å². The number of hydrogen-bond acceptors (Lipinski definition) is 2. The molecular weight excluding hydrogens is 226 g/mol. The molecule has 2 nitrogen and oxygen atoms in total. The van der Waals surface area contributed by atoms with E-state index in [1.54, 1.807) is 12.1 Å². The van der Waals surface area contributed by atoms with Gasteiger partial charge in [0.25, 0.3) is 0 Å². The summed E-state index contributed by atoms with van der Waals surface area (Å²) in [5.41, 5.74) is 0. The zero-order chi connectivity index (χ0) is 6.53. The molecule has 1 rings (SSSR count). The van der Waals surface area contributed by atoms with Crippen LogP contribution in [0.3, 0.4) is 0 Å². The fraction of sp³-hybridized carbons (Fsp3) is 0. The first-order chi connectivity index (χ1) is 4.43. The van der Waals surface area contributed by atoms with Crippen molar-refractivity contribution in [2.24, 2.45) is 0 Å². The summed E-state index contributed by atoms with van der Waals surface area (Å²) in [6.45, 7) is 0. The molecule has 62 valence electrons. The van der Waals surface area contributed by atoms with Crippen molar-refractivity contribution in [1.29, 1.82) is 0 Å². The first kappa shape index (κ1) is 13.6. The van der Waals surface area contributed by atoms with Crippen LogP contribution < -0.4 is 3.66 Å². The molecular formula is C6H7Cl2O2V. The quantitative estimate of drug-likeness (QED) is 0.782. The first-order valence-electron chi connectivity index (χ1n) is 2.48. The molecule has 0 fully saturated rings. The topological polar surface area (TPSA) is 26.3 Å². The van der Waals surface area contributed by atoms with Crippen molar-refractivity contribution in [3.63, 3.8) is 0 Å². The van der Waals surface area contributed by atoms with Gasteiger partial charge in [0.15, 0.2) is 0 Å². The molecule has 0 radical (unpaired) electrons. The summed E-state index contributed by atoms with van der Waals surface area (Å²) in [5.74, 6) is 0.674. The van der Waals surface area contributed by atoms with Gasteiger partial charge in [-0.3, -0.25) is 0 Å². The Kier molecular flexibility index (Phi) is 9.97. The van der Waals surface area contributed by atoms with E-state index in [1.807, 2.05) is 18.2 Å². The Morgan fingerprint density at radius 2 is 1.64 bits per heavy atom. The minimum absolute atomic E-state index is 0. The molecule has 0 unspecified atom stereocenters. The van der Waals surface area contributed by atoms with Gasteiger partial charge < -0.3 is 0 Å². The van der Waals surface area contributed by atoms with Gasteiger partial charge in [0.2, 0.25) is 0 Å². The summed E-state index contributed by atoms with van der Waals surface area (Å²) < 4.78 is 14.7. The molecule has 11 heavy (non-hydrogen) atoms. The third-order valence-corrected chi connectivity index (χ3v) is 1.33. The van der Waals surface area contributed by atoms with Crippen molar-refractivity contribution in [2.75, 3.05) is 0 Å². The van der Waals surface area contributed by atoms with E-state index >= 15 is 0 Å². The summed E-state index contributed by atoms with van der Waals surface area (Å²) in [6.07, 6.45) is 0. The SMILES string of the molecule is Cl.Cl.[O]=[V][O]c1ccccc1. The summed E-state index contributed by atoms with van der Waals surface area (Å²) in [6, 6.07) is 9.10. The van der Waals surface area contributed by atoms with Gasteiger partial charge in [0.05, 0.1) is 0 Å². The van der Waals surface area contributed by atoms with Gasteiger partial charge in [-0.15, -0.1) is 24.8 Å². The van der Waals surface area contributed by atoms with E-state index < -0.39 is 16.6 Å². The third kappa shape index (κ3) is 5.28. The molecule has 0 aliphatic rings. The summed E-state index contributed by atoms with van der Waals surface area (Å²) in [5, 5.41) is 0. The van der Waals surface area contributed by atoms with E-state index in [0.717, 1.165) is 0 Å². The van der Waals surface area contributed by atoms with Gasteiger partial charge >= 0.3 is 60.0 Å². The molecule has 0 aliphatic heterocycles. The maximum absolute atomic E-state index is 9.97. The van der Waals surface area contributed by atoms with Gasteiger partial charge in [-0.1, -0.05) is 0 Å². The molecule has 0 spiro atoms. The number of hydrogen-bond donors (Lipinski definition) is 0. The standard InChI is InChI=1S/C6H6O.2ClH.O.V/c7-6-4-2-1-3-5-6;;;;/h1-5,7H;2*1H;;/q;;;;+1/p-1. The average Bonchev–Trinajstić information content (AvgIpc) is 1.91. The monoisotopic (exact) mass is 232 g/mol. The van der Waals surface area contributed by atoms with Crippen LogP contribution in [0.15, 0.2) is 30.3 Å².